The molecule has 2 aromatic heterocycles. The molecule has 3 saturated heterocycles. The van der Waals surface area contributed by atoms with Gasteiger partial charge in [0.05, 0.1) is 10.6 Å². The minimum absolute atomic E-state index is 0.254. The monoisotopic (exact) mass is 393 g/mol. The van der Waals surface area contributed by atoms with Gasteiger partial charge in [-0.05, 0) is 24.1 Å². The number of alkyl halides is 3. The van der Waals surface area contributed by atoms with Gasteiger partial charge in [0.25, 0.3) is 0 Å². The van der Waals surface area contributed by atoms with Gasteiger partial charge in [0, 0.05) is 44.1 Å². The second-order valence-electron chi connectivity index (χ2n) is 6.84. The smallest absolute Gasteiger partial charge is 0.347 e. The van der Waals surface area contributed by atoms with Gasteiger partial charge in [-0.3, -0.25) is 9.88 Å². The maximum absolute atomic E-state index is 12.6. The molecular formula is C18H15ClF3N5. The number of aromatic nitrogens is 2. The Labute approximate surface area is 159 Å². The highest BCUT2D eigenvalue weighted by Gasteiger charge is 2.45. The lowest BCUT2D eigenvalue weighted by atomic mass is 9.87. The first-order valence-corrected chi connectivity index (χ1v) is 8.81. The Morgan fingerprint density at radius 2 is 1.93 bits per heavy atom. The molecule has 9 heteroatoms. The van der Waals surface area contributed by atoms with Crippen LogP contribution in [0.1, 0.15) is 23.2 Å². The van der Waals surface area contributed by atoms with Crippen LogP contribution in [0.3, 0.4) is 0 Å². The molecule has 2 atom stereocenters. The summed E-state index contributed by atoms with van der Waals surface area (Å²) in [4.78, 5) is 12.2. The standard InChI is InChI=1S/C18H15ClF3N5/c19-15-3-12(5-23)7-25-17(15)27-13-4-14(27)10-26(9-13)8-11-1-2-16(24-6-11)18(20,21)22/h1-3,6-7,13-14H,4,8-10H2. The zero-order valence-corrected chi connectivity index (χ0v) is 14.9. The zero-order valence-electron chi connectivity index (χ0n) is 14.1. The Morgan fingerprint density at radius 1 is 1.19 bits per heavy atom. The zero-order chi connectivity index (χ0) is 19.2. The highest BCUT2D eigenvalue weighted by Crippen LogP contribution is 2.39. The molecule has 3 aliphatic rings. The van der Waals surface area contributed by atoms with Crippen LogP contribution in [-0.4, -0.2) is 40.0 Å². The molecule has 0 aromatic carbocycles. The molecule has 0 amide bonds. The third kappa shape index (κ3) is 3.45. The molecule has 3 aliphatic heterocycles. The minimum atomic E-state index is -4.42. The van der Waals surface area contributed by atoms with Crippen molar-refractivity contribution in [3.63, 3.8) is 0 Å². The topological polar surface area (TPSA) is 56.1 Å². The molecule has 5 heterocycles. The number of piperazine rings is 1. The number of halogens is 4. The van der Waals surface area contributed by atoms with Gasteiger partial charge in [-0.25, -0.2) is 4.98 Å². The second-order valence-corrected chi connectivity index (χ2v) is 7.24. The third-order valence-corrected chi connectivity index (χ3v) is 5.26. The van der Waals surface area contributed by atoms with Crippen LogP contribution in [0.15, 0.2) is 30.6 Å². The van der Waals surface area contributed by atoms with Crippen LogP contribution in [0.25, 0.3) is 0 Å². The molecule has 0 N–H and O–H groups in total. The van der Waals surface area contributed by atoms with Gasteiger partial charge in [-0.2, -0.15) is 18.4 Å². The van der Waals surface area contributed by atoms with E-state index in [1.165, 1.54) is 18.5 Å². The van der Waals surface area contributed by atoms with Gasteiger partial charge < -0.3 is 4.90 Å². The molecule has 0 spiro atoms. The lowest BCUT2D eigenvalue weighted by molar-refractivity contribution is -0.141. The first-order chi connectivity index (χ1) is 12.8. The van der Waals surface area contributed by atoms with Crippen molar-refractivity contribution in [3.05, 3.63) is 52.4 Å². The van der Waals surface area contributed by atoms with Crippen molar-refractivity contribution in [2.75, 3.05) is 18.0 Å². The van der Waals surface area contributed by atoms with Crippen molar-refractivity contribution < 1.29 is 13.2 Å². The summed E-state index contributed by atoms with van der Waals surface area (Å²) in [6.07, 6.45) is -0.584. The average molecular weight is 394 g/mol. The summed E-state index contributed by atoms with van der Waals surface area (Å²) in [6.45, 7) is 2.10. The van der Waals surface area contributed by atoms with Crippen molar-refractivity contribution in [2.24, 2.45) is 0 Å². The third-order valence-electron chi connectivity index (χ3n) is 4.99. The predicted molar refractivity (Wildman–Crippen MR) is 93.2 cm³/mol. The quantitative estimate of drug-likeness (QED) is 0.799. The SMILES string of the molecule is N#Cc1cnc(N2C3CC2CN(Cc2ccc(C(F)(F)F)nc2)C3)c(Cl)c1. The Hall–Kier alpha value is -2.37. The number of pyridine rings is 2. The van der Waals surface area contributed by atoms with Crippen LogP contribution < -0.4 is 4.90 Å². The highest BCUT2D eigenvalue weighted by atomic mass is 35.5. The van der Waals surface area contributed by atoms with E-state index >= 15 is 0 Å². The Morgan fingerprint density at radius 3 is 2.48 bits per heavy atom. The van der Waals surface area contributed by atoms with E-state index in [-0.39, 0.29) is 12.1 Å². The molecule has 0 radical (unpaired) electrons. The Balaban J connectivity index is 1.41. The number of nitriles is 1. The summed E-state index contributed by atoms with van der Waals surface area (Å²) >= 11 is 6.28. The predicted octanol–water partition coefficient (Wildman–Crippen LogP) is 3.48. The lowest BCUT2D eigenvalue weighted by Crippen LogP contribution is -2.69. The van der Waals surface area contributed by atoms with Gasteiger partial charge in [-0.1, -0.05) is 17.7 Å². The summed E-state index contributed by atoms with van der Waals surface area (Å²) in [5, 5.41) is 9.39. The number of hydrogen-bond donors (Lipinski definition) is 0. The Bertz CT molecular complexity index is 881. The molecule has 2 unspecified atom stereocenters. The van der Waals surface area contributed by atoms with Crippen LogP contribution in [0.2, 0.25) is 5.02 Å². The number of fused-ring (bicyclic) bond motifs is 2. The van der Waals surface area contributed by atoms with Crippen molar-refractivity contribution in [3.8, 4) is 6.07 Å². The van der Waals surface area contributed by atoms with Gasteiger partial charge in [0.15, 0.2) is 0 Å². The van der Waals surface area contributed by atoms with E-state index in [1.807, 2.05) is 6.07 Å². The van der Waals surface area contributed by atoms with Crippen LogP contribution in [-0.2, 0) is 12.7 Å². The molecule has 140 valence electrons. The summed E-state index contributed by atoms with van der Waals surface area (Å²) in [5.41, 5.74) is 0.302. The molecule has 5 nitrogen and oxygen atoms in total. The molecule has 27 heavy (non-hydrogen) atoms. The maximum Gasteiger partial charge on any atom is 0.433 e. The number of nitrogens with zero attached hydrogens (tertiary/aromatic N) is 5. The second kappa shape index (κ2) is 6.66. The van der Waals surface area contributed by atoms with E-state index in [0.29, 0.717) is 22.9 Å². The number of piperidine rings is 1. The average Bonchev–Trinajstić information content (AvgIpc) is 2.63. The molecule has 0 aliphatic carbocycles. The minimum Gasteiger partial charge on any atom is -0.347 e. The fraction of sp³-hybridized carbons (Fsp3) is 0.389. The summed E-state index contributed by atoms with van der Waals surface area (Å²) < 4.78 is 37.8. The largest absolute Gasteiger partial charge is 0.433 e. The highest BCUT2D eigenvalue weighted by molar-refractivity contribution is 6.33. The lowest BCUT2D eigenvalue weighted by Gasteiger charge is -2.57. The van der Waals surface area contributed by atoms with Crippen molar-refractivity contribution in [1.82, 2.24) is 14.9 Å². The van der Waals surface area contributed by atoms with E-state index in [9.17, 15) is 13.2 Å². The number of rotatable bonds is 3. The van der Waals surface area contributed by atoms with Crippen LogP contribution in [0.5, 0.6) is 0 Å². The molecular weight excluding hydrogens is 379 g/mol. The summed E-state index contributed by atoms with van der Waals surface area (Å²) in [5.74, 6) is 0.688. The van der Waals surface area contributed by atoms with E-state index in [1.54, 1.807) is 6.07 Å². The van der Waals surface area contributed by atoms with Gasteiger partial charge in [0.1, 0.15) is 17.6 Å². The van der Waals surface area contributed by atoms with Gasteiger partial charge >= 0.3 is 6.18 Å². The van der Waals surface area contributed by atoms with Crippen LogP contribution >= 0.6 is 11.6 Å². The first kappa shape index (κ1) is 18.0. The molecule has 3 fully saturated rings. The number of anilines is 1. The summed E-state index contributed by atoms with van der Waals surface area (Å²) in [7, 11) is 0. The molecule has 0 saturated carbocycles. The molecule has 2 bridgehead atoms. The normalized spacial score (nSPS) is 22.3. The Kier molecular flexibility index (Phi) is 4.44. The van der Waals surface area contributed by atoms with Gasteiger partial charge in [-0.15, -0.1) is 0 Å². The van der Waals surface area contributed by atoms with E-state index < -0.39 is 11.9 Å². The fourth-order valence-corrected chi connectivity index (χ4v) is 4.06. The van der Waals surface area contributed by atoms with Crippen LogP contribution in [0.4, 0.5) is 19.0 Å². The van der Waals surface area contributed by atoms with Crippen LogP contribution in [0, 0.1) is 11.3 Å². The first-order valence-electron chi connectivity index (χ1n) is 8.43. The van der Waals surface area contributed by atoms with Crippen molar-refractivity contribution in [1.29, 1.82) is 5.26 Å². The molecule has 5 rings (SSSR count). The van der Waals surface area contributed by atoms with Crippen molar-refractivity contribution in [2.45, 2.75) is 31.2 Å². The fourth-order valence-electron chi connectivity index (χ4n) is 3.80. The van der Waals surface area contributed by atoms with E-state index in [0.717, 1.165) is 31.1 Å². The number of hydrogen-bond acceptors (Lipinski definition) is 5. The van der Waals surface area contributed by atoms with Gasteiger partial charge in [0.2, 0.25) is 0 Å². The summed E-state index contributed by atoms with van der Waals surface area (Å²) in [6, 6.07) is 6.64. The maximum atomic E-state index is 12.6. The van der Waals surface area contributed by atoms with Crippen molar-refractivity contribution >= 4 is 17.4 Å². The van der Waals surface area contributed by atoms with E-state index in [4.69, 9.17) is 16.9 Å². The van der Waals surface area contributed by atoms with E-state index in [2.05, 4.69) is 19.8 Å². The molecule has 2 aromatic rings.